The molecule has 0 aliphatic carbocycles. The van der Waals surface area contributed by atoms with Gasteiger partial charge in [0.25, 0.3) is 5.91 Å². The van der Waals surface area contributed by atoms with Crippen LogP contribution in [0.25, 0.3) is 11.0 Å². The van der Waals surface area contributed by atoms with E-state index in [-0.39, 0.29) is 42.1 Å². The van der Waals surface area contributed by atoms with Gasteiger partial charge >= 0.3 is 0 Å². The van der Waals surface area contributed by atoms with Gasteiger partial charge in [-0.15, -0.1) is 0 Å². The third-order valence-electron chi connectivity index (χ3n) is 4.70. The molecule has 1 aromatic heterocycles. The summed E-state index contributed by atoms with van der Waals surface area (Å²) in [5.41, 5.74) is 1.11. The van der Waals surface area contributed by atoms with Crippen molar-refractivity contribution in [1.82, 2.24) is 10.2 Å². The third kappa shape index (κ3) is 2.45. The number of nitrogens with one attached hydrogen (secondary N) is 1. The topological polar surface area (TPSA) is 71.8 Å². The maximum atomic E-state index is 13.4. The number of fused-ring (bicyclic) bond motifs is 2. The van der Waals surface area contributed by atoms with Crippen LogP contribution in [0.3, 0.4) is 0 Å². The van der Waals surface area contributed by atoms with Crippen LogP contribution in [0.4, 0.5) is 4.39 Å². The molecule has 1 aromatic carbocycles. The van der Waals surface area contributed by atoms with Crippen molar-refractivity contribution < 1.29 is 23.1 Å². The number of amides is 2. The van der Waals surface area contributed by atoms with Gasteiger partial charge in [0.1, 0.15) is 18.0 Å². The summed E-state index contributed by atoms with van der Waals surface area (Å²) in [6.45, 7) is 2.72. The lowest BCUT2D eigenvalue weighted by Gasteiger charge is -2.40. The lowest BCUT2D eigenvalue weighted by Crippen LogP contribution is -2.61. The first-order chi connectivity index (χ1) is 11.5. The van der Waals surface area contributed by atoms with Gasteiger partial charge in [-0.3, -0.25) is 9.59 Å². The SMILES string of the molecule is Cc1c(C(=O)N2CC[C@@H]3OCC(=O)N[C@H]3C2)oc2ccc(F)cc12. The molecule has 2 aromatic rings. The van der Waals surface area contributed by atoms with E-state index in [1.165, 1.54) is 18.2 Å². The molecule has 2 atom stereocenters. The number of hydrogen-bond acceptors (Lipinski definition) is 4. The number of hydrogen-bond donors (Lipinski definition) is 1. The fourth-order valence-corrected chi connectivity index (χ4v) is 3.42. The quantitative estimate of drug-likeness (QED) is 0.861. The summed E-state index contributed by atoms with van der Waals surface area (Å²) in [4.78, 5) is 25.9. The lowest BCUT2D eigenvalue weighted by atomic mass is 10.00. The Hall–Kier alpha value is -2.41. The fraction of sp³-hybridized carbons (Fsp3) is 0.412. The van der Waals surface area contributed by atoms with Gasteiger partial charge in [0.2, 0.25) is 5.91 Å². The molecule has 4 rings (SSSR count). The van der Waals surface area contributed by atoms with E-state index in [1.807, 2.05) is 0 Å². The van der Waals surface area contributed by atoms with E-state index in [0.717, 1.165) is 0 Å². The number of piperidine rings is 1. The molecular weight excluding hydrogens is 315 g/mol. The normalized spacial score (nSPS) is 23.9. The standard InChI is InChI=1S/C17H17FN2O4/c1-9-11-6-10(18)2-3-13(11)24-16(9)17(22)20-5-4-14-12(7-20)19-15(21)8-23-14/h2-3,6,12,14H,4-5,7-8H2,1H3,(H,19,21)/t12-,14-/m0/s1. The number of ether oxygens (including phenoxy) is 1. The molecule has 0 bridgehead atoms. The highest BCUT2D eigenvalue weighted by Crippen LogP contribution is 2.28. The molecule has 126 valence electrons. The van der Waals surface area contributed by atoms with Crippen molar-refractivity contribution in [1.29, 1.82) is 0 Å². The van der Waals surface area contributed by atoms with Crippen LogP contribution in [-0.2, 0) is 9.53 Å². The molecule has 2 amide bonds. The van der Waals surface area contributed by atoms with Gasteiger partial charge in [0, 0.05) is 24.0 Å². The average Bonchev–Trinajstić information content (AvgIpc) is 2.90. The Bertz CT molecular complexity index is 831. The van der Waals surface area contributed by atoms with Crippen LogP contribution >= 0.6 is 0 Å². The number of carbonyl (C=O) groups is 2. The number of nitrogens with zero attached hydrogens (tertiary/aromatic N) is 1. The molecule has 0 radical (unpaired) electrons. The fourth-order valence-electron chi connectivity index (χ4n) is 3.42. The summed E-state index contributed by atoms with van der Waals surface area (Å²) in [5.74, 6) is -0.561. The summed E-state index contributed by atoms with van der Waals surface area (Å²) < 4.78 is 24.6. The summed E-state index contributed by atoms with van der Waals surface area (Å²) in [6, 6.07) is 3.99. The summed E-state index contributed by atoms with van der Waals surface area (Å²) in [7, 11) is 0. The number of rotatable bonds is 1. The van der Waals surface area contributed by atoms with Gasteiger partial charge in [-0.05, 0) is 31.5 Å². The van der Waals surface area contributed by atoms with Crippen LogP contribution in [0, 0.1) is 12.7 Å². The number of halogens is 1. The van der Waals surface area contributed by atoms with Crippen molar-refractivity contribution in [2.24, 2.45) is 0 Å². The van der Waals surface area contributed by atoms with Crippen molar-refractivity contribution in [3.63, 3.8) is 0 Å². The predicted molar refractivity (Wildman–Crippen MR) is 83.1 cm³/mol. The molecule has 0 saturated carbocycles. The second kappa shape index (κ2) is 5.59. The van der Waals surface area contributed by atoms with E-state index in [9.17, 15) is 14.0 Å². The van der Waals surface area contributed by atoms with Crippen molar-refractivity contribution >= 4 is 22.8 Å². The highest BCUT2D eigenvalue weighted by molar-refractivity contribution is 5.99. The van der Waals surface area contributed by atoms with E-state index in [4.69, 9.17) is 9.15 Å². The van der Waals surface area contributed by atoms with Crippen LogP contribution in [-0.4, -0.2) is 48.6 Å². The van der Waals surface area contributed by atoms with Crippen molar-refractivity contribution in [2.75, 3.05) is 19.7 Å². The highest BCUT2D eigenvalue weighted by atomic mass is 19.1. The number of morpholine rings is 1. The molecule has 3 heterocycles. The minimum Gasteiger partial charge on any atom is -0.451 e. The van der Waals surface area contributed by atoms with Crippen LogP contribution in [0.5, 0.6) is 0 Å². The molecule has 2 aliphatic rings. The minimum atomic E-state index is -0.367. The molecule has 7 heteroatoms. The minimum absolute atomic E-state index is 0.0578. The highest BCUT2D eigenvalue weighted by Gasteiger charge is 2.37. The lowest BCUT2D eigenvalue weighted by molar-refractivity contribution is -0.139. The van der Waals surface area contributed by atoms with E-state index in [0.29, 0.717) is 36.0 Å². The zero-order valence-electron chi connectivity index (χ0n) is 13.2. The van der Waals surface area contributed by atoms with Crippen molar-refractivity contribution in [3.8, 4) is 0 Å². The number of aryl methyl sites for hydroxylation is 1. The van der Waals surface area contributed by atoms with Crippen LogP contribution in [0.1, 0.15) is 22.5 Å². The number of carbonyl (C=O) groups excluding carboxylic acids is 2. The van der Waals surface area contributed by atoms with Gasteiger partial charge in [-0.2, -0.15) is 0 Å². The van der Waals surface area contributed by atoms with Crippen LogP contribution < -0.4 is 5.32 Å². The van der Waals surface area contributed by atoms with Gasteiger partial charge < -0.3 is 19.4 Å². The number of likely N-dealkylation sites (tertiary alicyclic amines) is 1. The Morgan fingerprint density at radius 2 is 2.25 bits per heavy atom. The Balaban J connectivity index is 1.60. The van der Waals surface area contributed by atoms with Crippen LogP contribution in [0.15, 0.2) is 22.6 Å². The second-order valence-corrected chi connectivity index (χ2v) is 6.26. The van der Waals surface area contributed by atoms with Crippen molar-refractivity contribution in [3.05, 3.63) is 35.3 Å². The number of furan rings is 1. The zero-order valence-corrected chi connectivity index (χ0v) is 13.2. The first kappa shape index (κ1) is 15.1. The largest absolute Gasteiger partial charge is 0.451 e. The van der Waals surface area contributed by atoms with Gasteiger partial charge in [0.15, 0.2) is 5.76 Å². The molecule has 2 aliphatic heterocycles. The Morgan fingerprint density at radius 1 is 1.42 bits per heavy atom. The maximum absolute atomic E-state index is 13.4. The second-order valence-electron chi connectivity index (χ2n) is 6.26. The summed E-state index contributed by atoms with van der Waals surface area (Å²) in [5, 5.41) is 3.46. The first-order valence-electron chi connectivity index (χ1n) is 7.92. The zero-order chi connectivity index (χ0) is 16.8. The van der Waals surface area contributed by atoms with Crippen molar-refractivity contribution in [2.45, 2.75) is 25.5 Å². The van der Waals surface area contributed by atoms with E-state index in [1.54, 1.807) is 11.8 Å². The predicted octanol–water partition coefficient (Wildman–Crippen LogP) is 1.61. The molecule has 1 N–H and O–H groups in total. The Morgan fingerprint density at radius 3 is 3.08 bits per heavy atom. The summed E-state index contributed by atoms with van der Waals surface area (Å²) in [6.07, 6.45) is 0.600. The van der Waals surface area contributed by atoms with E-state index >= 15 is 0 Å². The van der Waals surface area contributed by atoms with Crippen LogP contribution in [0.2, 0.25) is 0 Å². The third-order valence-corrected chi connectivity index (χ3v) is 4.70. The monoisotopic (exact) mass is 332 g/mol. The Kier molecular flexibility index (Phi) is 3.53. The van der Waals surface area contributed by atoms with Gasteiger partial charge in [-0.25, -0.2) is 4.39 Å². The molecule has 0 unspecified atom stereocenters. The van der Waals surface area contributed by atoms with Gasteiger partial charge in [0.05, 0.1) is 12.1 Å². The molecule has 2 fully saturated rings. The van der Waals surface area contributed by atoms with E-state index in [2.05, 4.69) is 5.32 Å². The maximum Gasteiger partial charge on any atom is 0.289 e. The average molecular weight is 332 g/mol. The Labute approximate surface area is 137 Å². The van der Waals surface area contributed by atoms with Gasteiger partial charge in [-0.1, -0.05) is 0 Å². The summed E-state index contributed by atoms with van der Waals surface area (Å²) >= 11 is 0. The first-order valence-corrected chi connectivity index (χ1v) is 7.92. The molecule has 6 nitrogen and oxygen atoms in total. The molecule has 2 saturated heterocycles. The van der Waals surface area contributed by atoms with E-state index < -0.39 is 0 Å². The smallest absolute Gasteiger partial charge is 0.289 e. The number of benzene rings is 1. The molecule has 0 spiro atoms. The molecule has 24 heavy (non-hydrogen) atoms. The molecular formula is C17H17FN2O4.